The van der Waals surface area contributed by atoms with Crippen LogP contribution in [0, 0.1) is 6.92 Å². The van der Waals surface area contributed by atoms with E-state index >= 15 is 0 Å². The van der Waals surface area contributed by atoms with Crippen molar-refractivity contribution in [2.45, 2.75) is 44.4 Å². The Morgan fingerprint density at radius 3 is 2.57 bits per heavy atom. The van der Waals surface area contributed by atoms with Crippen LogP contribution >= 0.6 is 11.6 Å². The van der Waals surface area contributed by atoms with E-state index in [0.29, 0.717) is 23.2 Å². The number of rotatable bonds is 5. The molecule has 0 saturated carbocycles. The highest BCUT2D eigenvalue weighted by atomic mass is 35.5. The molecule has 0 spiro atoms. The number of aryl methyl sites for hydroxylation is 1. The van der Waals surface area contributed by atoms with Crippen molar-refractivity contribution < 1.29 is 12.9 Å². The summed E-state index contributed by atoms with van der Waals surface area (Å²) in [5, 5.41) is 4.28. The molecule has 2 rings (SSSR count). The van der Waals surface area contributed by atoms with Gasteiger partial charge in [0.1, 0.15) is 0 Å². The minimum atomic E-state index is -3.61. The van der Waals surface area contributed by atoms with Crippen molar-refractivity contribution >= 4 is 21.6 Å². The predicted octanol–water partition coefficient (Wildman–Crippen LogP) is 2.85. The van der Waals surface area contributed by atoms with Crippen LogP contribution in [-0.4, -0.2) is 25.1 Å². The summed E-state index contributed by atoms with van der Waals surface area (Å²) in [7, 11) is -3.61. The van der Waals surface area contributed by atoms with Crippen LogP contribution in [-0.2, 0) is 21.9 Å². The van der Waals surface area contributed by atoms with E-state index in [1.54, 1.807) is 6.07 Å². The molecule has 2 aromatic rings. The van der Waals surface area contributed by atoms with Gasteiger partial charge in [-0.25, -0.2) is 13.1 Å². The maximum atomic E-state index is 12.2. The molecule has 0 fully saturated rings. The number of nitrogens with zero attached hydrogens (tertiary/aromatic N) is 2. The summed E-state index contributed by atoms with van der Waals surface area (Å²) in [6.07, 6.45) is 0.346. The Hall–Kier alpha value is -1.44. The molecule has 1 aromatic heterocycles. The normalized spacial score (nSPS) is 12.6. The Labute approximate surface area is 141 Å². The molecule has 0 aliphatic rings. The lowest BCUT2D eigenvalue weighted by Crippen LogP contribution is -2.26. The van der Waals surface area contributed by atoms with Crippen molar-refractivity contribution in [1.82, 2.24) is 14.9 Å². The van der Waals surface area contributed by atoms with Gasteiger partial charge in [-0.15, -0.1) is 0 Å². The lowest BCUT2D eigenvalue weighted by atomic mass is 9.97. The Morgan fingerprint density at radius 2 is 2.00 bits per heavy atom. The fourth-order valence-corrected chi connectivity index (χ4v) is 3.08. The lowest BCUT2D eigenvalue weighted by molar-refractivity contribution is 0.318. The van der Waals surface area contributed by atoms with Gasteiger partial charge in [0.05, 0.1) is 4.90 Å². The molecule has 6 nitrogen and oxygen atoms in total. The number of sulfonamides is 1. The van der Waals surface area contributed by atoms with Crippen LogP contribution in [0.15, 0.2) is 27.6 Å². The summed E-state index contributed by atoms with van der Waals surface area (Å²) in [6.45, 7) is 7.89. The van der Waals surface area contributed by atoms with Gasteiger partial charge in [-0.2, -0.15) is 4.98 Å². The third kappa shape index (κ3) is 4.53. The first-order valence-electron chi connectivity index (χ1n) is 7.18. The van der Waals surface area contributed by atoms with Gasteiger partial charge < -0.3 is 4.52 Å². The number of nitrogens with one attached hydrogen (secondary N) is 1. The largest absolute Gasteiger partial charge is 0.339 e. The van der Waals surface area contributed by atoms with Gasteiger partial charge in [-0.1, -0.05) is 43.6 Å². The average molecular weight is 358 g/mol. The molecular weight excluding hydrogens is 338 g/mol. The minimum absolute atomic E-state index is 0.136. The molecule has 0 unspecified atom stereocenters. The van der Waals surface area contributed by atoms with E-state index in [2.05, 4.69) is 14.9 Å². The van der Waals surface area contributed by atoms with Gasteiger partial charge in [0.25, 0.3) is 0 Å². The Balaban J connectivity index is 2.00. The van der Waals surface area contributed by atoms with Crippen LogP contribution in [0.25, 0.3) is 0 Å². The molecule has 0 bridgehead atoms. The van der Waals surface area contributed by atoms with Crippen LogP contribution in [0.1, 0.15) is 38.0 Å². The van der Waals surface area contributed by atoms with Crippen LogP contribution in [0.2, 0.25) is 5.02 Å². The Kier molecular flexibility index (Phi) is 5.13. The zero-order valence-corrected chi connectivity index (χ0v) is 15.1. The number of halogens is 1. The molecule has 0 radical (unpaired) electrons. The third-order valence-corrected chi connectivity index (χ3v) is 5.07. The molecule has 1 aromatic carbocycles. The summed E-state index contributed by atoms with van der Waals surface area (Å²) in [5.41, 5.74) is 0.593. The van der Waals surface area contributed by atoms with Crippen molar-refractivity contribution in [3.05, 3.63) is 40.5 Å². The first-order valence-corrected chi connectivity index (χ1v) is 9.04. The summed E-state index contributed by atoms with van der Waals surface area (Å²) >= 11 is 5.97. The first-order chi connectivity index (χ1) is 10.6. The van der Waals surface area contributed by atoms with Gasteiger partial charge in [-0.05, 0) is 24.6 Å². The van der Waals surface area contributed by atoms with E-state index in [9.17, 15) is 8.42 Å². The maximum absolute atomic E-state index is 12.2. The van der Waals surface area contributed by atoms with Gasteiger partial charge in [-0.3, -0.25) is 0 Å². The maximum Gasteiger partial charge on any atom is 0.240 e. The zero-order chi connectivity index (χ0) is 17.3. The molecule has 1 heterocycles. The first kappa shape index (κ1) is 17.9. The predicted molar refractivity (Wildman–Crippen MR) is 88.1 cm³/mol. The number of benzene rings is 1. The second-order valence-electron chi connectivity index (χ2n) is 6.32. The summed E-state index contributed by atoms with van der Waals surface area (Å²) in [6, 6.07) is 4.63. The number of hydrogen-bond acceptors (Lipinski definition) is 5. The molecule has 23 heavy (non-hydrogen) atoms. The second kappa shape index (κ2) is 6.59. The molecule has 0 atom stereocenters. The highest BCUT2D eigenvalue weighted by molar-refractivity contribution is 7.89. The van der Waals surface area contributed by atoms with Gasteiger partial charge in [0.15, 0.2) is 5.82 Å². The van der Waals surface area contributed by atoms with Gasteiger partial charge >= 0.3 is 0 Å². The summed E-state index contributed by atoms with van der Waals surface area (Å²) in [5.74, 6) is 1.00. The van der Waals surface area contributed by atoms with Crippen molar-refractivity contribution in [1.29, 1.82) is 0 Å². The standard InChI is InChI=1S/C15H20ClN3O3S/c1-10-5-6-11(9-12(10)16)23(20,21)17-8-7-13-18-14(22-19-13)15(2,3)4/h5-6,9,17H,7-8H2,1-4H3. The topological polar surface area (TPSA) is 85.1 Å². The van der Waals surface area contributed by atoms with E-state index in [0.717, 1.165) is 5.56 Å². The molecule has 0 aliphatic carbocycles. The Morgan fingerprint density at radius 1 is 1.30 bits per heavy atom. The van der Waals surface area contributed by atoms with E-state index < -0.39 is 10.0 Å². The molecule has 0 aliphatic heterocycles. The monoisotopic (exact) mass is 357 g/mol. The van der Waals surface area contributed by atoms with Gasteiger partial charge in [0, 0.05) is 23.4 Å². The molecule has 0 saturated heterocycles. The quantitative estimate of drug-likeness (QED) is 0.889. The molecule has 0 amide bonds. The lowest BCUT2D eigenvalue weighted by Gasteiger charge is -2.10. The highest BCUT2D eigenvalue weighted by Crippen LogP contribution is 2.21. The van der Waals surface area contributed by atoms with E-state index in [1.807, 2.05) is 27.7 Å². The average Bonchev–Trinajstić information content (AvgIpc) is 2.90. The highest BCUT2D eigenvalue weighted by Gasteiger charge is 2.22. The van der Waals surface area contributed by atoms with Crippen molar-refractivity contribution in [2.24, 2.45) is 0 Å². The van der Waals surface area contributed by atoms with E-state index in [4.69, 9.17) is 16.1 Å². The van der Waals surface area contributed by atoms with Crippen LogP contribution in [0.3, 0.4) is 0 Å². The van der Waals surface area contributed by atoms with Crippen molar-refractivity contribution in [3.8, 4) is 0 Å². The number of hydrogen-bond donors (Lipinski definition) is 1. The molecule has 8 heteroatoms. The SMILES string of the molecule is Cc1ccc(S(=O)(=O)NCCc2noc(C(C)(C)C)n2)cc1Cl. The van der Waals surface area contributed by atoms with Crippen LogP contribution in [0.5, 0.6) is 0 Å². The van der Waals surface area contributed by atoms with Crippen molar-refractivity contribution in [3.63, 3.8) is 0 Å². The van der Waals surface area contributed by atoms with E-state index in [1.165, 1.54) is 12.1 Å². The Bertz CT molecular complexity index is 795. The fraction of sp³-hybridized carbons (Fsp3) is 0.467. The fourth-order valence-electron chi connectivity index (χ4n) is 1.78. The number of aromatic nitrogens is 2. The zero-order valence-electron chi connectivity index (χ0n) is 13.6. The third-order valence-electron chi connectivity index (χ3n) is 3.20. The van der Waals surface area contributed by atoms with Crippen molar-refractivity contribution in [2.75, 3.05) is 6.54 Å². The van der Waals surface area contributed by atoms with Crippen LogP contribution < -0.4 is 4.72 Å². The summed E-state index contributed by atoms with van der Waals surface area (Å²) in [4.78, 5) is 4.40. The molecule has 1 N–H and O–H groups in total. The smallest absolute Gasteiger partial charge is 0.240 e. The van der Waals surface area contributed by atoms with Gasteiger partial charge in [0.2, 0.25) is 15.9 Å². The molecular formula is C15H20ClN3O3S. The summed E-state index contributed by atoms with van der Waals surface area (Å²) < 4.78 is 32.1. The van der Waals surface area contributed by atoms with Crippen LogP contribution in [0.4, 0.5) is 0 Å². The van der Waals surface area contributed by atoms with E-state index in [-0.39, 0.29) is 16.9 Å². The minimum Gasteiger partial charge on any atom is -0.339 e. The second-order valence-corrected chi connectivity index (χ2v) is 8.50. The molecule has 126 valence electrons.